The standard InChI is InChI=1S/C53H91N5O17S/c1-16-23-68-49(63)57(20-21-58(50(64)69-24-17-2)30-39-54-19-26-76-39)22-25-70-55-41-31(4)28-51(10,65)46(75-48-42(59)37(56(13)14)27-32(5)71-48)34(7)43(74-40-29-52(11,67-15)45(61)36(9)72-40)35(8)47(62)73-38(18-3)53(12,66)44(60)33(41)6/h16-17,19,26,31-38,40-46,48,55,59-61,65-66H,1-2,18,20-25,27-30H2,3-15H3/t31-,32-,33+,34+,35-,36+,37?,38-,40+,41+,42+,43+,44+,45-,46+,48+,51-,52-,53-/m1/s1. The molecule has 76 heavy (non-hydrogen) atoms. The van der Waals surface area contributed by atoms with Crippen molar-refractivity contribution in [1.29, 1.82) is 0 Å². The van der Waals surface area contributed by atoms with E-state index in [4.69, 9.17) is 42.7 Å². The molecule has 22 nitrogen and oxygen atoms in total. The normalized spacial score (nSPS) is 37.9. The van der Waals surface area contributed by atoms with Crippen molar-refractivity contribution in [3.8, 4) is 0 Å². The summed E-state index contributed by atoms with van der Waals surface area (Å²) in [4.78, 5) is 56.3. The number of nitrogens with zero attached hydrogens (tertiary/aromatic N) is 4. The van der Waals surface area contributed by atoms with Gasteiger partial charge in [0.05, 0.1) is 60.8 Å². The highest BCUT2D eigenvalue weighted by atomic mass is 32.1. The summed E-state index contributed by atoms with van der Waals surface area (Å²) in [6, 6.07) is -1.25. The van der Waals surface area contributed by atoms with Crippen molar-refractivity contribution < 1.29 is 82.6 Å². The number of carbonyl (C=O) groups excluding carboxylic acids is 3. The number of aliphatic hydroxyl groups excluding tert-OH is 3. The summed E-state index contributed by atoms with van der Waals surface area (Å²) in [6.45, 7) is 24.0. The predicted molar refractivity (Wildman–Crippen MR) is 281 cm³/mol. The number of hydroxylamine groups is 1. The quantitative estimate of drug-likeness (QED) is 0.0334. The second-order valence-electron chi connectivity index (χ2n) is 21.8. The van der Waals surface area contributed by atoms with Crippen LogP contribution in [0.15, 0.2) is 36.9 Å². The Hall–Kier alpha value is -3.40. The third-order valence-corrected chi connectivity index (χ3v) is 16.2. The number of ether oxygens (including phenoxy) is 8. The van der Waals surface area contributed by atoms with Crippen LogP contribution < -0.4 is 5.48 Å². The number of aliphatic hydroxyl groups is 5. The molecular weight excluding hydrogens is 1010 g/mol. The minimum atomic E-state index is -2.04. The number of hydrogen-bond donors (Lipinski definition) is 6. The first-order valence-corrected chi connectivity index (χ1v) is 27.4. The van der Waals surface area contributed by atoms with Crippen molar-refractivity contribution >= 4 is 29.5 Å². The number of hydrogen-bond acceptors (Lipinski definition) is 21. The van der Waals surface area contributed by atoms with Gasteiger partial charge >= 0.3 is 18.2 Å². The molecule has 3 aliphatic heterocycles. The molecule has 0 radical (unpaired) electrons. The predicted octanol–water partition coefficient (Wildman–Crippen LogP) is 4.01. The number of methoxy groups -OCH3 is 1. The van der Waals surface area contributed by atoms with E-state index in [0.29, 0.717) is 11.4 Å². The molecule has 0 saturated carbocycles. The fourth-order valence-corrected chi connectivity index (χ4v) is 11.5. The fraction of sp³-hybridized carbons (Fsp3) is 0.811. The van der Waals surface area contributed by atoms with E-state index in [1.165, 1.54) is 47.3 Å². The molecule has 436 valence electrons. The zero-order valence-corrected chi connectivity index (χ0v) is 47.9. The van der Waals surface area contributed by atoms with Crippen LogP contribution in [0.4, 0.5) is 9.59 Å². The van der Waals surface area contributed by atoms with Gasteiger partial charge in [-0.1, -0.05) is 53.0 Å². The first-order valence-electron chi connectivity index (χ1n) is 26.5. The Morgan fingerprint density at radius 1 is 0.908 bits per heavy atom. The van der Waals surface area contributed by atoms with E-state index in [-0.39, 0.29) is 77.4 Å². The summed E-state index contributed by atoms with van der Waals surface area (Å²) >= 11 is 1.36. The van der Waals surface area contributed by atoms with Crippen molar-refractivity contribution in [3.05, 3.63) is 41.9 Å². The van der Waals surface area contributed by atoms with E-state index in [1.54, 1.807) is 60.0 Å². The first kappa shape index (κ1) is 65.1. The molecule has 1 aromatic heterocycles. The lowest BCUT2D eigenvalue weighted by Crippen LogP contribution is -2.62. The summed E-state index contributed by atoms with van der Waals surface area (Å²) in [7, 11) is 5.17. The molecule has 3 saturated heterocycles. The number of cyclic esters (lactones) is 1. The van der Waals surface area contributed by atoms with Gasteiger partial charge < -0.3 is 73.2 Å². The van der Waals surface area contributed by atoms with Crippen LogP contribution in [0.5, 0.6) is 0 Å². The average molecular weight is 1100 g/mol. The second-order valence-corrected chi connectivity index (χ2v) is 22.8. The van der Waals surface area contributed by atoms with Crippen LogP contribution in [0.3, 0.4) is 0 Å². The highest BCUT2D eigenvalue weighted by Crippen LogP contribution is 2.41. The molecule has 0 spiro atoms. The van der Waals surface area contributed by atoms with Gasteiger partial charge in [-0.3, -0.25) is 14.5 Å². The minimum Gasteiger partial charge on any atom is -0.459 e. The molecule has 0 aliphatic carbocycles. The zero-order valence-electron chi connectivity index (χ0n) is 47.1. The Labute approximate surface area is 453 Å². The molecule has 3 aliphatic rings. The smallest absolute Gasteiger partial charge is 0.410 e. The van der Waals surface area contributed by atoms with E-state index in [1.807, 2.05) is 32.8 Å². The molecule has 1 unspecified atom stereocenters. The van der Waals surface area contributed by atoms with E-state index in [2.05, 4.69) is 23.6 Å². The van der Waals surface area contributed by atoms with Gasteiger partial charge in [-0.25, -0.2) is 14.6 Å². The maximum Gasteiger partial charge on any atom is 0.410 e. The number of carbonyl (C=O) groups is 3. The Morgan fingerprint density at radius 2 is 1.54 bits per heavy atom. The number of thiazole rings is 1. The Kier molecular flexibility index (Phi) is 25.0. The van der Waals surface area contributed by atoms with Crippen LogP contribution in [0.1, 0.15) is 99.9 Å². The number of esters is 1. The van der Waals surface area contributed by atoms with Gasteiger partial charge in [0.15, 0.2) is 12.6 Å². The molecule has 4 rings (SSSR count). The lowest BCUT2D eigenvalue weighted by atomic mass is 9.72. The van der Waals surface area contributed by atoms with E-state index >= 15 is 0 Å². The molecule has 23 heteroatoms. The van der Waals surface area contributed by atoms with Crippen molar-refractivity contribution in [1.82, 2.24) is 25.2 Å². The van der Waals surface area contributed by atoms with Crippen LogP contribution in [0.2, 0.25) is 0 Å². The molecule has 19 atom stereocenters. The third-order valence-electron chi connectivity index (χ3n) is 15.4. The van der Waals surface area contributed by atoms with Crippen LogP contribution in [-0.2, 0) is 54.1 Å². The van der Waals surface area contributed by atoms with E-state index < -0.39 is 120 Å². The maximum atomic E-state index is 14.6. The van der Waals surface area contributed by atoms with Crippen LogP contribution in [-0.4, -0.2) is 214 Å². The maximum absolute atomic E-state index is 14.6. The van der Waals surface area contributed by atoms with Gasteiger partial charge in [0.2, 0.25) is 0 Å². The van der Waals surface area contributed by atoms with Gasteiger partial charge in [0.25, 0.3) is 0 Å². The molecule has 0 aromatic carbocycles. The van der Waals surface area contributed by atoms with E-state index in [9.17, 15) is 39.9 Å². The summed E-state index contributed by atoms with van der Waals surface area (Å²) in [6.07, 6.45) is -7.05. The first-order chi connectivity index (χ1) is 35.7. The third kappa shape index (κ3) is 16.8. The van der Waals surface area contributed by atoms with Gasteiger partial charge in [0, 0.05) is 68.7 Å². The van der Waals surface area contributed by atoms with Gasteiger partial charge in [-0.05, 0) is 80.8 Å². The molecule has 6 N–H and O–H groups in total. The molecule has 2 amide bonds. The largest absolute Gasteiger partial charge is 0.459 e. The van der Waals surface area contributed by atoms with Crippen molar-refractivity contribution in [2.45, 2.75) is 192 Å². The van der Waals surface area contributed by atoms with Crippen molar-refractivity contribution in [2.75, 3.05) is 60.7 Å². The number of rotatable bonds is 21. The van der Waals surface area contributed by atoms with Gasteiger partial charge in [-0.2, -0.15) is 5.48 Å². The van der Waals surface area contributed by atoms with Crippen LogP contribution >= 0.6 is 11.3 Å². The van der Waals surface area contributed by atoms with E-state index in [0.717, 1.165) is 0 Å². The second kappa shape index (κ2) is 29.2. The summed E-state index contributed by atoms with van der Waals surface area (Å²) in [5.74, 6) is -4.31. The fourth-order valence-electron chi connectivity index (χ4n) is 10.8. The number of amides is 2. The highest BCUT2D eigenvalue weighted by molar-refractivity contribution is 7.09. The summed E-state index contributed by atoms with van der Waals surface area (Å²) in [5, 5.41) is 63.0. The summed E-state index contributed by atoms with van der Waals surface area (Å²) in [5.41, 5.74) is -1.91. The van der Waals surface area contributed by atoms with Crippen molar-refractivity contribution in [3.63, 3.8) is 0 Å². The lowest BCUT2D eigenvalue weighted by Gasteiger charge is -2.49. The Bertz CT molecular complexity index is 1970. The average Bonchev–Trinajstić information content (AvgIpc) is 3.89. The minimum absolute atomic E-state index is 0.00162. The molecule has 0 bridgehead atoms. The number of likely N-dealkylation sites (N-methyl/N-ethyl adjacent to an activating group) is 1. The SMILES string of the molecule is C=CCOC(=O)N(CCON[C@@H]1[C@H](C)[C@H](O)[C@](C)(O)[C@@H](CC)OC(=O)[C@H](C)[C@@H](O[C@H]2C[C@@](C)(OC)[C@H](O)[C@H](C)O2)[C@H](C)[C@H](O[C@@H]2O[C@H](C)CC(N(C)C)[C@@H]2O)[C@](C)(O)C[C@H]1C)CCN(Cc1nccs1)C(=O)OCC=C. The molecule has 1 aromatic rings. The summed E-state index contributed by atoms with van der Waals surface area (Å²) < 4.78 is 48.8. The zero-order chi connectivity index (χ0) is 56.9. The lowest BCUT2D eigenvalue weighted by molar-refractivity contribution is -0.318. The van der Waals surface area contributed by atoms with Gasteiger partial charge in [0.1, 0.15) is 42.1 Å². The van der Waals surface area contributed by atoms with Crippen LogP contribution in [0, 0.1) is 23.7 Å². The van der Waals surface area contributed by atoms with Gasteiger partial charge in [-0.15, -0.1) is 11.3 Å². The number of nitrogens with one attached hydrogen (secondary N) is 1. The Morgan fingerprint density at radius 3 is 2.12 bits per heavy atom. The molecular formula is C53H91N5O17S. The topological polar surface area (TPSA) is 270 Å². The Balaban J connectivity index is 1.74. The highest BCUT2D eigenvalue weighted by Gasteiger charge is 2.54. The molecule has 4 heterocycles. The van der Waals surface area contributed by atoms with Crippen molar-refractivity contribution in [2.24, 2.45) is 23.7 Å². The monoisotopic (exact) mass is 1100 g/mol. The molecule has 3 fully saturated rings. The van der Waals surface area contributed by atoms with Crippen LogP contribution in [0.25, 0.3) is 0 Å². The number of aromatic nitrogens is 1.